The Hall–Kier alpha value is -2.01. The molecule has 118 valence electrons. The molecule has 2 aromatic rings. The lowest BCUT2D eigenvalue weighted by atomic mass is 10.0. The zero-order chi connectivity index (χ0) is 16.3. The number of hydrogen-bond donors (Lipinski definition) is 1. The lowest BCUT2D eigenvalue weighted by Gasteiger charge is -2.15. The number of sulfonamides is 1. The van der Waals surface area contributed by atoms with Crippen LogP contribution in [0.15, 0.2) is 47.4 Å². The summed E-state index contributed by atoms with van der Waals surface area (Å²) in [6.07, 6.45) is 0. The molecule has 22 heavy (non-hydrogen) atoms. The molecule has 2 aromatic carbocycles. The number of hydrogen-bond acceptors (Lipinski definition) is 3. The molecular weight excluding hydrogens is 298 g/mol. The van der Waals surface area contributed by atoms with Crippen LogP contribution in [0.4, 0.5) is 5.69 Å². The fraction of sp³-hybridized carbons (Fsp3) is 0.294. The lowest BCUT2D eigenvalue weighted by molar-refractivity contribution is 0.402. The molecule has 0 spiro atoms. The predicted octanol–water partition coefficient (Wildman–Crippen LogP) is 3.93. The predicted molar refractivity (Wildman–Crippen MR) is 89.1 cm³/mol. The molecule has 0 unspecified atom stereocenters. The largest absolute Gasteiger partial charge is 0.495 e. The number of anilines is 1. The number of rotatable bonds is 5. The van der Waals surface area contributed by atoms with Crippen LogP contribution in [0, 0.1) is 6.92 Å². The summed E-state index contributed by atoms with van der Waals surface area (Å²) in [5.41, 5.74) is 2.38. The van der Waals surface area contributed by atoms with Gasteiger partial charge in [-0.3, -0.25) is 4.72 Å². The molecule has 2 rings (SSSR count). The summed E-state index contributed by atoms with van der Waals surface area (Å²) < 4.78 is 33.3. The highest BCUT2D eigenvalue weighted by Crippen LogP contribution is 2.30. The summed E-state index contributed by atoms with van der Waals surface area (Å²) in [5, 5.41) is 0. The molecule has 1 N–H and O–H groups in total. The number of para-hydroxylation sites is 1. The van der Waals surface area contributed by atoms with E-state index in [1.165, 1.54) is 7.11 Å². The molecular formula is C17H21NO3S. The van der Waals surface area contributed by atoms with E-state index in [1.54, 1.807) is 24.3 Å². The van der Waals surface area contributed by atoms with Crippen LogP contribution in [-0.2, 0) is 10.0 Å². The van der Waals surface area contributed by atoms with Gasteiger partial charge in [-0.15, -0.1) is 0 Å². The molecule has 0 aliphatic heterocycles. The summed E-state index contributed by atoms with van der Waals surface area (Å²) in [6, 6.07) is 12.5. The molecule has 0 saturated carbocycles. The molecule has 0 aliphatic carbocycles. The number of methoxy groups -OCH3 is 1. The van der Waals surface area contributed by atoms with Crippen molar-refractivity contribution in [1.82, 2.24) is 0 Å². The van der Waals surface area contributed by atoms with Crippen LogP contribution in [0.5, 0.6) is 5.75 Å². The number of ether oxygens (including phenoxy) is 1. The van der Waals surface area contributed by atoms with Gasteiger partial charge in [0.1, 0.15) is 10.6 Å². The van der Waals surface area contributed by atoms with Crippen LogP contribution in [0.1, 0.15) is 30.9 Å². The van der Waals surface area contributed by atoms with Crippen molar-refractivity contribution in [2.45, 2.75) is 31.6 Å². The van der Waals surface area contributed by atoms with Gasteiger partial charge >= 0.3 is 0 Å². The monoisotopic (exact) mass is 319 g/mol. The van der Waals surface area contributed by atoms with Gasteiger partial charge in [0, 0.05) is 0 Å². The maximum Gasteiger partial charge on any atom is 0.265 e. The first-order chi connectivity index (χ1) is 10.3. The first kappa shape index (κ1) is 16.4. The summed E-state index contributed by atoms with van der Waals surface area (Å²) in [6.45, 7) is 5.90. The number of nitrogens with one attached hydrogen (secondary N) is 1. The van der Waals surface area contributed by atoms with Crippen molar-refractivity contribution in [3.63, 3.8) is 0 Å². The van der Waals surface area contributed by atoms with Gasteiger partial charge < -0.3 is 4.74 Å². The van der Waals surface area contributed by atoms with Crippen LogP contribution in [0.25, 0.3) is 0 Å². The van der Waals surface area contributed by atoms with Crippen molar-refractivity contribution in [3.05, 3.63) is 53.6 Å². The van der Waals surface area contributed by atoms with Gasteiger partial charge in [0.05, 0.1) is 12.8 Å². The van der Waals surface area contributed by atoms with Crippen LogP contribution >= 0.6 is 0 Å². The van der Waals surface area contributed by atoms with Crippen molar-refractivity contribution in [2.75, 3.05) is 11.8 Å². The summed E-state index contributed by atoms with van der Waals surface area (Å²) in [5.74, 6) is 0.573. The number of benzene rings is 2. The Labute approximate surface area is 132 Å². The van der Waals surface area contributed by atoms with E-state index in [1.807, 2.05) is 39.0 Å². The molecule has 0 saturated heterocycles. The van der Waals surface area contributed by atoms with Crippen molar-refractivity contribution >= 4 is 15.7 Å². The van der Waals surface area contributed by atoms with E-state index in [2.05, 4.69) is 4.72 Å². The Morgan fingerprint density at radius 2 is 1.77 bits per heavy atom. The Balaban J connectivity index is 2.49. The second-order valence-corrected chi connectivity index (χ2v) is 7.14. The highest BCUT2D eigenvalue weighted by molar-refractivity contribution is 7.92. The standard InChI is InChI=1S/C17H21NO3S/c1-12(2)14-9-10-16(21-4)17(11-14)22(19,20)18-15-8-6-5-7-13(15)3/h5-12,18H,1-4H3. The van der Waals surface area contributed by atoms with E-state index in [9.17, 15) is 8.42 Å². The van der Waals surface area contributed by atoms with Gasteiger partial charge in [-0.25, -0.2) is 8.42 Å². The Morgan fingerprint density at radius 3 is 2.36 bits per heavy atom. The minimum Gasteiger partial charge on any atom is -0.495 e. The second kappa shape index (κ2) is 6.40. The van der Waals surface area contributed by atoms with Crippen LogP contribution in [0.2, 0.25) is 0 Å². The SMILES string of the molecule is COc1ccc(C(C)C)cc1S(=O)(=O)Nc1ccccc1C. The molecule has 0 bridgehead atoms. The summed E-state index contributed by atoms with van der Waals surface area (Å²) in [7, 11) is -2.24. The third-order valence-electron chi connectivity index (χ3n) is 3.53. The van der Waals surface area contributed by atoms with Gasteiger partial charge in [0.2, 0.25) is 0 Å². The van der Waals surface area contributed by atoms with Gasteiger partial charge in [-0.1, -0.05) is 38.1 Å². The average Bonchev–Trinajstić information content (AvgIpc) is 2.48. The molecule has 0 amide bonds. The van der Waals surface area contributed by atoms with Gasteiger partial charge in [-0.2, -0.15) is 0 Å². The first-order valence-electron chi connectivity index (χ1n) is 7.11. The third kappa shape index (κ3) is 3.42. The van der Waals surface area contributed by atoms with E-state index in [4.69, 9.17) is 4.74 Å². The molecule has 5 heteroatoms. The molecule has 0 fully saturated rings. The minimum atomic E-state index is -3.71. The molecule has 0 aromatic heterocycles. The smallest absolute Gasteiger partial charge is 0.265 e. The topological polar surface area (TPSA) is 55.4 Å². The van der Waals surface area contributed by atoms with E-state index >= 15 is 0 Å². The Bertz CT molecular complexity index is 767. The van der Waals surface area contributed by atoms with E-state index in [-0.39, 0.29) is 10.8 Å². The Morgan fingerprint density at radius 1 is 1.09 bits per heavy atom. The first-order valence-corrected chi connectivity index (χ1v) is 8.60. The Kier molecular flexibility index (Phi) is 4.76. The molecule has 0 radical (unpaired) electrons. The second-order valence-electron chi connectivity index (χ2n) is 5.49. The lowest BCUT2D eigenvalue weighted by Crippen LogP contribution is -2.15. The van der Waals surface area contributed by atoms with Crippen LogP contribution < -0.4 is 9.46 Å². The molecule has 0 heterocycles. The summed E-state index contributed by atoms with van der Waals surface area (Å²) >= 11 is 0. The van der Waals surface area contributed by atoms with Crippen molar-refractivity contribution in [3.8, 4) is 5.75 Å². The molecule has 0 atom stereocenters. The van der Waals surface area contributed by atoms with E-state index < -0.39 is 10.0 Å². The minimum absolute atomic E-state index is 0.157. The van der Waals surface area contributed by atoms with Gasteiger partial charge in [0.25, 0.3) is 10.0 Å². The molecule has 4 nitrogen and oxygen atoms in total. The highest BCUT2D eigenvalue weighted by atomic mass is 32.2. The maximum atomic E-state index is 12.7. The van der Waals surface area contributed by atoms with Crippen molar-refractivity contribution < 1.29 is 13.2 Å². The third-order valence-corrected chi connectivity index (χ3v) is 4.92. The zero-order valence-electron chi connectivity index (χ0n) is 13.3. The highest BCUT2D eigenvalue weighted by Gasteiger charge is 2.21. The van der Waals surface area contributed by atoms with E-state index in [0.717, 1.165) is 11.1 Å². The van der Waals surface area contributed by atoms with Crippen molar-refractivity contribution in [1.29, 1.82) is 0 Å². The maximum absolute atomic E-state index is 12.7. The van der Waals surface area contributed by atoms with Crippen molar-refractivity contribution in [2.24, 2.45) is 0 Å². The van der Waals surface area contributed by atoms with Crippen LogP contribution in [-0.4, -0.2) is 15.5 Å². The fourth-order valence-electron chi connectivity index (χ4n) is 2.15. The summed E-state index contributed by atoms with van der Waals surface area (Å²) in [4.78, 5) is 0.157. The number of aryl methyl sites for hydroxylation is 1. The average molecular weight is 319 g/mol. The fourth-order valence-corrected chi connectivity index (χ4v) is 3.49. The zero-order valence-corrected chi connectivity index (χ0v) is 14.1. The van der Waals surface area contributed by atoms with Gasteiger partial charge in [-0.05, 0) is 42.2 Å². The van der Waals surface area contributed by atoms with Gasteiger partial charge in [0.15, 0.2) is 0 Å². The quantitative estimate of drug-likeness (QED) is 0.908. The molecule has 0 aliphatic rings. The van der Waals surface area contributed by atoms with E-state index in [0.29, 0.717) is 11.4 Å². The normalized spacial score (nSPS) is 11.5. The van der Waals surface area contributed by atoms with Crippen LogP contribution in [0.3, 0.4) is 0 Å².